The predicted octanol–water partition coefficient (Wildman–Crippen LogP) is 3.03. The van der Waals surface area contributed by atoms with Crippen molar-refractivity contribution in [2.75, 3.05) is 0 Å². The van der Waals surface area contributed by atoms with E-state index in [4.69, 9.17) is 0 Å². The van der Waals surface area contributed by atoms with Gasteiger partial charge in [-0.3, -0.25) is 9.20 Å². The van der Waals surface area contributed by atoms with Gasteiger partial charge in [-0.05, 0) is 43.7 Å². The number of hydrogen-bond acceptors (Lipinski definition) is 2. The van der Waals surface area contributed by atoms with Gasteiger partial charge in [-0.15, -0.1) is 0 Å². The monoisotopic (exact) mass is 271 g/mol. The third-order valence-corrected chi connectivity index (χ3v) is 4.41. The highest BCUT2D eigenvalue weighted by molar-refractivity contribution is 5.93. The van der Waals surface area contributed by atoms with E-state index in [1.807, 2.05) is 28.8 Å². The van der Waals surface area contributed by atoms with Crippen molar-refractivity contribution in [1.82, 2.24) is 14.7 Å². The quantitative estimate of drug-likeness (QED) is 0.932. The van der Waals surface area contributed by atoms with Crippen LogP contribution in [0.2, 0.25) is 0 Å². The fraction of sp³-hybridized carbons (Fsp3) is 0.500. The number of nitrogens with one attached hydrogen (secondary N) is 1. The van der Waals surface area contributed by atoms with E-state index in [-0.39, 0.29) is 5.91 Å². The molecule has 2 aromatic rings. The lowest BCUT2D eigenvalue weighted by molar-refractivity contribution is 0.0915. The van der Waals surface area contributed by atoms with Gasteiger partial charge in [0.25, 0.3) is 5.91 Å². The number of fused-ring (bicyclic) bond motifs is 1. The highest BCUT2D eigenvalue weighted by Crippen LogP contribution is 2.26. The molecule has 4 heteroatoms. The molecule has 0 aliphatic heterocycles. The maximum absolute atomic E-state index is 12.4. The smallest absolute Gasteiger partial charge is 0.270 e. The van der Waals surface area contributed by atoms with Crippen LogP contribution in [0.5, 0.6) is 0 Å². The molecule has 20 heavy (non-hydrogen) atoms. The zero-order chi connectivity index (χ0) is 13.9. The Kier molecular flexibility index (Phi) is 3.72. The molecule has 0 radical (unpaired) electrons. The first-order valence-corrected chi connectivity index (χ1v) is 7.51. The van der Waals surface area contributed by atoms with E-state index in [1.165, 1.54) is 19.3 Å². The number of hydrogen-bond donors (Lipinski definition) is 1. The Morgan fingerprint density at radius 1 is 1.35 bits per heavy atom. The number of nitrogens with zero attached hydrogens (tertiary/aromatic N) is 2. The van der Waals surface area contributed by atoms with Crippen LogP contribution in [0.1, 0.15) is 49.5 Å². The first-order valence-electron chi connectivity index (χ1n) is 7.51. The van der Waals surface area contributed by atoms with Crippen LogP contribution in [0.4, 0.5) is 0 Å². The summed E-state index contributed by atoms with van der Waals surface area (Å²) in [5.41, 5.74) is 1.44. The van der Waals surface area contributed by atoms with Gasteiger partial charge in [0.05, 0.1) is 6.20 Å². The molecule has 1 aliphatic rings. The minimum Gasteiger partial charge on any atom is -0.348 e. The van der Waals surface area contributed by atoms with E-state index in [2.05, 4.69) is 17.2 Å². The van der Waals surface area contributed by atoms with Gasteiger partial charge in [-0.2, -0.15) is 0 Å². The first-order chi connectivity index (χ1) is 9.78. The molecular formula is C16H21N3O. The molecule has 1 fully saturated rings. The van der Waals surface area contributed by atoms with Crippen molar-refractivity contribution in [3.05, 3.63) is 36.3 Å². The van der Waals surface area contributed by atoms with Crippen LogP contribution in [0, 0.1) is 5.92 Å². The lowest BCUT2D eigenvalue weighted by atomic mass is 9.84. The van der Waals surface area contributed by atoms with Crippen LogP contribution in [-0.4, -0.2) is 21.3 Å². The molecule has 0 atom stereocenters. The number of imidazole rings is 1. The fourth-order valence-electron chi connectivity index (χ4n) is 3.07. The van der Waals surface area contributed by atoms with Crippen LogP contribution in [0.3, 0.4) is 0 Å². The maximum atomic E-state index is 12.4. The molecule has 4 nitrogen and oxygen atoms in total. The Hall–Kier alpha value is -1.84. The average molecular weight is 271 g/mol. The van der Waals surface area contributed by atoms with Crippen molar-refractivity contribution >= 4 is 11.6 Å². The molecule has 1 amide bonds. The lowest BCUT2D eigenvalue weighted by Crippen LogP contribution is -2.38. The van der Waals surface area contributed by atoms with Crippen LogP contribution in [0.15, 0.2) is 30.6 Å². The van der Waals surface area contributed by atoms with Crippen LogP contribution >= 0.6 is 0 Å². The number of rotatable bonds is 3. The Bertz CT molecular complexity index is 597. The van der Waals surface area contributed by atoms with E-state index >= 15 is 0 Å². The van der Waals surface area contributed by atoms with Crippen molar-refractivity contribution in [1.29, 1.82) is 0 Å². The van der Waals surface area contributed by atoms with Crippen molar-refractivity contribution in [2.45, 2.75) is 45.1 Å². The maximum Gasteiger partial charge on any atom is 0.270 e. The molecule has 1 aliphatic carbocycles. The van der Waals surface area contributed by atoms with Crippen LogP contribution in [0.25, 0.3) is 5.65 Å². The van der Waals surface area contributed by atoms with Gasteiger partial charge in [-0.1, -0.05) is 19.4 Å². The van der Waals surface area contributed by atoms with Crippen molar-refractivity contribution < 1.29 is 4.79 Å². The van der Waals surface area contributed by atoms with Crippen molar-refractivity contribution in [3.8, 4) is 0 Å². The molecule has 0 saturated heterocycles. The van der Waals surface area contributed by atoms with E-state index in [1.54, 1.807) is 6.20 Å². The number of carbonyl (C=O) groups excluding carboxylic acids is 1. The molecule has 2 aromatic heterocycles. The second-order valence-corrected chi connectivity index (χ2v) is 5.67. The van der Waals surface area contributed by atoms with Gasteiger partial charge in [0, 0.05) is 12.2 Å². The standard InChI is InChI=1S/C16H21N3O/c1-2-12-6-8-13(9-7-12)18-16(20)14-11-17-15-5-3-4-10-19(14)15/h3-5,10-13H,2,6-9H2,1H3,(H,18,20). The summed E-state index contributed by atoms with van der Waals surface area (Å²) in [5.74, 6) is 0.836. The lowest BCUT2D eigenvalue weighted by Gasteiger charge is -2.28. The summed E-state index contributed by atoms with van der Waals surface area (Å²) >= 11 is 0. The van der Waals surface area contributed by atoms with Gasteiger partial charge in [0.2, 0.25) is 0 Å². The Morgan fingerprint density at radius 3 is 2.90 bits per heavy atom. The van der Waals surface area contributed by atoms with E-state index < -0.39 is 0 Å². The first kappa shape index (κ1) is 13.2. The number of aromatic nitrogens is 2. The van der Waals surface area contributed by atoms with Gasteiger partial charge < -0.3 is 5.32 Å². The van der Waals surface area contributed by atoms with Crippen molar-refractivity contribution in [3.63, 3.8) is 0 Å². The van der Waals surface area contributed by atoms with Gasteiger partial charge in [0.15, 0.2) is 0 Å². The third-order valence-electron chi connectivity index (χ3n) is 4.41. The van der Waals surface area contributed by atoms with Crippen LogP contribution in [-0.2, 0) is 0 Å². The molecule has 106 valence electrons. The van der Waals surface area contributed by atoms with E-state index in [9.17, 15) is 4.79 Å². The molecule has 2 heterocycles. The second-order valence-electron chi connectivity index (χ2n) is 5.67. The topological polar surface area (TPSA) is 46.4 Å². The summed E-state index contributed by atoms with van der Waals surface area (Å²) in [7, 11) is 0. The minimum atomic E-state index is -0.0105. The molecule has 1 saturated carbocycles. The predicted molar refractivity (Wildman–Crippen MR) is 78.7 cm³/mol. The molecular weight excluding hydrogens is 250 g/mol. The van der Waals surface area contributed by atoms with Gasteiger partial charge in [0.1, 0.15) is 11.3 Å². The Balaban J connectivity index is 1.68. The highest BCUT2D eigenvalue weighted by Gasteiger charge is 2.22. The summed E-state index contributed by atoms with van der Waals surface area (Å²) in [6.07, 6.45) is 9.45. The summed E-state index contributed by atoms with van der Waals surface area (Å²) in [4.78, 5) is 16.6. The molecule has 0 unspecified atom stereocenters. The van der Waals surface area contributed by atoms with Crippen LogP contribution < -0.4 is 5.32 Å². The molecule has 1 N–H and O–H groups in total. The summed E-state index contributed by atoms with van der Waals surface area (Å²) in [6, 6.07) is 6.07. The second kappa shape index (κ2) is 5.65. The summed E-state index contributed by atoms with van der Waals surface area (Å²) in [6.45, 7) is 2.25. The molecule has 0 spiro atoms. The highest BCUT2D eigenvalue weighted by atomic mass is 16.2. The molecule has 0 aromatic carbocycles. The summed E-state index contributed by atoms with van der Waals surface area (Å²) < 4.78 is 1.84. The Labute approximate surface area is 119 Å². The van der Waals surface area contributed by atoms with Gasteiger partial charge >= 0.3 is 0 Å². The third kappa shape index (κ3) is 2.55. The normalized spacial score (nSPS) is 22.9. The number of carbonyl (C=O) groups is 1. The zero-order valence-corrected chi connectivity index (χ0v) is 11.9. The minimum absolute atomic E-state index is 0.0105. The molecule has 3 rings (SSSR count). The zero-order valence-electron chi connectivity index (χ0n) is 11.9. The van der Waals surface area contributed by atoms with Gasteiger partial charge in [-0.25, -0.2) is 4.98 Å². The molecule has 0 bridgehead atoms. The number of pyridine rings is 1. The fourth-order valence-corrected chi connectivity index (χ4v) is 3.07. The largest absolute Gasteiger partial charge is 0.348 e. The van der Waals surface area contributed by atoms with Crippen molar-refractivity contribution in [2.24, 2.45) is 5.92 Å². The Morgan fingerprint density at radius 2 is 2.15 bits per heavy atom. The van der Waals surface area contributed by atoms with E-state index in [0.29, 0.717) is 11.7 Å². The van der Waals surface area contributed by atoms with E-state index in [0.717, 1.165) is 24.4 Å². The average Bonchev–Trinajstić information content (AvgIpc) is 2.92. The summed E-state index contributed by atoms with van der Waals surface area (Å²) in [5, 5.41) is 3.16. The number of amides is 1. The SMILES string of the molecule is CCC1CCC(NC(=O)c2cnc3ccccn23)CC1.